The van der Waals surface area contributed by atoms with E-state index in [4.69, 9.17) is 11.6 Å². The number of benzene rings is 2. The summed E-state index contributed by atoms with van der Waals surface area (Å²) in [5, 5.41) is 3.84. The number of hydrogen-bond acceptors (Lipinski definition) is 4. The number of carbonyl (C=O) groups is 1. The molecule has 0 aliphatic heterocycles. The molecule has 5 nitrogen and oxygen atoms in total. The van der Waals surface area contributed by atoms with Crippen molar-refractivity contribution in [3.05, 3.63) is 79.9 Å². The van der Waals surface area contributed by atoms with Crippen LogP contribution in [0.15, 0.2) is 53.3 Å². The summed E-state index contributed by atoms with van der Waals surface area (Å²) in [7, 11) is 0. The highest BCUT2D eigenvalue weighted by molar-refractivity contribution is 7.20. The summed E-state index contributed by atoms with van der Waals surface area (Å²) >= 11 is 7.43. The van der Waals surface area contributed by atoms with Crippen LogP contribution in [0.1, 0.15) is 20.8 Å². The van der Waals surface area contributed by atoms with E-state index in [-0.39, 0.29) is 11.5 Å². The van der Waals surface area contributed by atoms with Crippen molar-refractivity contribution in [3.63, 3.8) is 0 Å². The fourth-order valence-corrected chi connectivity index (χ4v) is 4.34. The number of thiophene rings is 1. The van der Waals surface area contributed by atoms with Crippen molar-refractivity contribution in [1.82, 2.24) is 9.97 Å². The Balaban J connectivity index is 1.79. The lowest BCUT2D eigenvalue weighted by molar-refractivity contribution is 0.103. The van der Waals surface area contributed by atoms with E-state index in [0.717, 1.165) is 11.3 Å². The molecule has 0 radical (unpaired) electrons. The number of halogens is 1. The molecule has 0 saturated heterocycles. The summed E-state index contributed by atoms with van der Waals surface area (Å²) in [6.07, 6.45) is 0. The summed E-state index contributed by atoms with van der Waals surface area (Å²) in [5.74, 6) is 0.128. The first-order valence-corrected chi connectivity index (χ1v) is 9.80. The Kier molecular flexibility index (Phi) is 4.75. The van der Waals surface area contributed by atoms with Crippen molar-refractivity contribution >= 4 is 44.7 Å². The first-order valence-electron chi connectivity index (χ1n) is 8.61. The highest BCUT2D eigenvalue weighted by Crippen LogP contribution is 2.31. The minimum Gasteiger partial charge on any atom is -0.321 e. The van der Waals surface area contributed by atoms with E-state index >= 15 is 0 Å². The largest absolute Gasteiger partial charge is 0.321 e. The molecule has 140 valence electrons. The van der Waals surface area contributed by atoms with Gasteiger partial charge in [-0.25, -0.2) is 4.98 Å². The summed E-state index contributed by atoms with van der Waals surface area (Å²) in [6, 6.07) is 14.7. The zero-order valence-electron chi connectivity index (χ0n) is 15.2. The first-order chi connectivity index (χ1) is 13.5. The number of H-pyrrole nitrogens is 1. The van der Waals surface area contributed by atoms with E-state index in [9.17, 15) is 9.59 Å². The van der Waals surface area contributed by atoms with Gasteiger partial charge in [-0.15, -0.1) is 11.3 Å². The van der Waals surface area contributed by atoms with Gasteiger partial charge in [0.25, 0.3) is 11.5 Å². The maximum atomic E-state index is 12.8. The van der Waals surface area contributed by atoms with Gasteiger partial charge in [-0.1, -0.05) is 41.9 Å². The average Bonchev–Trinajstić information content (AvgIpc) is 3.01. The second-order valence-electron chi connectivity index (χ2n) is 6.40. The van der Waals surface area contributed by atoms with Crippen LogP contribution in [0, 0.1) is 13.8 Å². The molecular weight excluding hydrogens is 394 g/mol. The number of aromatic nitrogens is 2. The van der Waals surface area contributed by atoms with E-state index in [1.165, 1.54) is 11.3 Å². The second kappa shape index (κ2) is 7.22. The predicted octanol–water partition coefficient (Wildman–Crippen LogP) is 5.17. The Labute approximate surface area is 170 Å². The van der Waals surface area contributed by atoms with Gasteiger partial charge in [-0.05, 0) is 43.2 Å². The SMILES string of the molecule is Cc1ccccc1NC(=O)c1sc2nc(-c3ccccc3Cl)[nH]c(=O)c2c1C. The molecule has 1 amide bonds. The Bertz CT molecular complexity index is 1280. The topological polar surface area (TPSA) is 74.8 Å². The standard InChI is InChI=1S/C21H16ClN3O2S/c1-11-7-3-6-10-15(11)23-20(27)17-12(2)16-19(26)24-18(25-21(16)28-17)13-8-4-5-9-14(13)22/h3-10H,1-2H3,(H,23,27)(H,24,25,26). The van der Waals surface area contributed by atoms with Crippen LogP contribution in [-0.2, 0) is 0 Å². The van der Waals surface area contributed by atoms with Crippen molar-refractivity contribution in [2.45, 2.75) is 13.8 Å². The van der Waals surface area contributed by atoms with Gasteiger partial charge in [0, 0.05) is 11.3 Å². The monoisotopic (exact) mass is 409 g/mol. The third kappa shape index (κ3) is 3.21. The van der Waals surface area contributed by atoms with E-state index in [1.54, 1.807) is 19.1 Å². The average molecular weight is 410 g/mol. The molecule has 4 rings (SSSR count). The first kappa shape index (κ1) is 18.4. The molecule has 0 aliphatic rings. The van der Waals surface area contributed by atoms with Crippen LogP contribution in [-0.4, -0.2) is 15.9 Å². The number of fused-ring (bicyclic) bond motifs is 1. The Morgan fingerprint density at radius 1 is 1.11 bits per heavy atom. The number of nitrogens with one attached hydrogen (secondary N) is 2. The van der Waals surface area contributed by atoms with Gasteiger partial charge in [-0.3, -0.25) is 9.59 Å². The highest BCUT2D eigenvalue weighted by atomic mass is 35.5. The summed E-state index contributed by atoms with van der Waals surface area (Å²) in [5.41, 5.74) is 2.67. The number of amides is 1. The van der Waals surface area contributed by atoms with Crippen molar-refractivity contribution in [3.8, 4) is 11.4 Å². The summed E-state index contributed by atoms with van der Waals surface area (Å²) < 4.78 is 0. The molecule has 0 saturated carbocycles. The molecular formula is C21H16ClN3O2S. The molecule has 7 heteroatoms. The normalized spacial score (nSPS) is 11.0. The lowest BCUT2D eigenvalue weighted by Gasteiger charge is -2.07. The number of aromatic amines is 1. The molecule has 2 aromatic carbocycles. The van der Waals surface area contributed by atoms with E-state index < -0.39 is 0 Å². The molecule has 0 unspecified atom stereocenters. The lowest BCUT2D eigenvalue weighted by atomic mass is 10.1. The van der Waals surface area contributed by atoms with Crippen LogP contribution < -0.4 is 10.9 Å². The Morgan fingerprint density at radius 2 is 1.82 bits per heavy atom. The van der Waals surface area contributed by atoms with Gasteiger partial charge in [0.2, 0.25) is 0 Å². The Hall–Kier alpha value is -2.96. The van der Waals surface area contributed by atoms with Crippen LogP contribution >= 0.6 is 22.9 Å². The number of anilines is 1. The third-order valence-electron chi connectivity index (χ3n) is 4.53. The number of carbonyl (C=O) groups excluding carboxylic acids is 1. The molecule has 28 heavy (non-hydrogen) atoms. The Morgan fingerprint density at radius 3 is 2.57 bits per heavy atom. The molecule has 0 bridgehead atoms. The molecule has 0 atom stereocenters. The molecule has 2 heterocycles. The van der Waals surface area contributed by atoms with Gasteiger partial charge in [0.15, 0.2) is 0 Å². The maximum Gasteiger partial charge on any atom is 0.266 e. The summed E-state index contributed by atoms with van der Waals surface area (Å²) in [6.45, 7) is 3.69. The molecule has 2 N–H and O–H groups in total. The van der Waals surface area contributed by atoms with Gasteiger partial charge < -0.3 is 10.3 Å². The molecule has 0 spiro atoms. The van der Waals surface area contributed by atoms with Crippen molar-refractivity contribution in [1.29, 1.82) is 0 Å². The van der Waals surface area contributed by atoms with Crippen molar-refractivity contribution in [2.75, 3.05) is 5.32 Å². The fraction of sp³-hybridized carbons (Fsp3) is 0.0952. The minimum atomic E-state index is -0.288. The zero-order chi connectivity index (χ0) is 19.8. The number of aryl methyl sites for hydroxylation is 2. The molecule has 2 aromatic heterocycles. The van der Waals surface area contributed by atoms with Gasteiger partial charge in [0.05, 0.1) is 15.3 Å². The summed E-state index contributed by atoms with van der Waals surface area (Å²) in [4.78, 5) is 33.8. The van der Waals surface area contributed by atoms with Gasteiger partial charge in [0.1, 0.15) is 10.7 Å². The fourth-order valence-electron chi connectivity index (χ4n) is 3.03. The quantitative estimate of drug-likeness (QED) is 0.490. The molecule has 0 aliphatic carbocycles. The third-order valence-corrected chi connectivity index (χ3v) is 6.04. The number of hydrogen-bond donors (Lipinski definition) is 2. The van der Waals surface area contributed by atoms with Gasteiger partial charge >= 0.3 is 0 Å². The maximum absolute atomic E-state index is 12.8. The zero-order valence-corrected chi connectivity index (χ0v) is 16.7. The molecule has 0 fully saturated rings. The van der Waals surface area contributed by atoms with Crippen LogP contribution in [0.5, 0.6) is 0 Å². The number of nitrogens with zero attached hydrogens (tertiary/aromatic N) is 1. The van der Waals surface area contributed by atoms with Crippen LogP contribution in [0.4, 0.5) is 5.69 Å². The smallest absolute Gasteiger partial charge is 0.266 e. The highest BCUT2D eigenvalue weighted by Gasteiger charge is 2.20. The van der Waals surface area contributed by atoms with Gasteiger partial charge in [-0.2, -0.15) is 0 Å². The van der Waals surface area contributed by atoms with Crippen LogP contribution in [0.3, 0.4) is 0 Å². The van der Waals surface area contributed by atoms with Crippen molar-refractivity contribution < 1.29 is 4.79 Å². The number of para-hydroxylation sites is 1. The second-order valence-corrected chi connectivity index (χ2v) is 7.81. The number of rotatable bonds is 3. The van der Waals surface area contributed by atoms with Crippen molar-refractivity contribution in [2.24, 2.45) is 0 Å². The minimum absolute atomic E-state index is 0.256. The van der Waals surface area contributed by atoms with Crippen LogP contribution in [0.2, 0.25) is 5.02 Å². The molecule has 4 aromatic rings. The van der Waals surface area contributed by atoms with E-state index in [0.29, 0.717) is 37.1 Å². The van der Waals surface area contributed by atoms with E-state index in [1.807, 2.05) is 43.3 Å². The lowest BCUT2D eigenvalue weighted by Crippen LogP contribution is -2.13. The predicted molar refractivity (Wildman–Crippen MR) is 115 cm³/mol. The van der Waals surface area contributed by atoms with E-state index in [2.05, 4.69) is 15.3 Å². The van der Waals surface area contributed by atoms with Crippen LogP contribution in [0.25, 0.3) is 21.6 Å².